The molecule has 0 aliphatic carbocycles. The van der Waals surface area contributed by atoms with Gasteiger partial charge in [0.05, 0.1) is 24.0 Å². The molecule has 3 aromatic heterocycles. The van der Waals surface area contributed by atoms with Gasteiger partial charge in [-0.1, -0.05) is 12.1 Å². The average Bonchev–Trinajstić information content (AvgIpc) is 3.42. The number of nitrogens with zero attached hydrogens (tertiary/aromatic N) is 7. The summed E-state index contributed by atoms with van der Waals surface area (Å²) in [5, 5.41) is 12.4. The number of fused-ring (bicyclic) bond motifs is 3. The topological polar surface area (TPSA) is 85.8 Å². The van der Waals surface area contributed by atoms with Crippen molar-refractivity contribution in [1.29, 1.82) is 0 Å². The van der Waals surface area contributed by atoms with Crippen LogP contribution in [-0.2, 0) is 0 Å². The molecular formula is C21H20FN7O. The van der Waals surface area contributed by atoms with Gasteiger partial charge >= 0.3 is 0 Å². The van der Waals surface area contributed by atoms with Crippen LogP contribution in [0.2, 0.25) is 0 Å². The van der Waals surface area contributed by atoms with Crippen LogP contribution in [0, 0.1) is 5.82 Å². The van der Waals surface area contributed by atoms with E-state index in [1.807, 2.05) is 4.57 Å². The Balaban J connectivity index is 1.66. The van der Waals surface area contributed by atoms with E-state index in [4.69, 9.17) is 9.51 Å². The zero-order valence-corrected chi connectivity index (χ0v) is 16.8. The molecule has 1 aliphatic heterocycles. The van der Waals surface area contributed by atoms with Crippen LogP contribution >= 0.6 is 0 Å². The minimum Gasteiger partial charge on any atom is -0.356 e. The van der Waals surface area contributed by atoms with Crippen molar-refractivity contribution in [2.24, 2.45) is 0 Å². The fourth-order valence-electron chi connectivity index (χ4n) is 3.98. The summed E-state index contributed by atoms with van der Waals surface area (Å²) < 4.78 is 20.7. The van der Waals surface area contributed by atoms with Gasteiger partial charge < -0.3 is 9.42 Å². The lowest BCUT2D eigenvalue weighted by Crippen LogP contribution is -2.40. The van der Waals surface area contributed by atoms with E-state index in [0.29, 0.717) is 22.7 Å². The van der Waals surface area contributed by atoms with E-state index in [1.54, 1.807) is 30.9 Å². The van der Waals surface area contributed by atoms with Crippen molar-refractivity contribution < 1.29 is 8.91 Å². The summed E-state index contributed by atoms with van der Waals surface area (Å²) in [6.07, 6.45) is 5.92. The summed E-state index contributed by atoms with van der Waals surface area (Å²) >= 11 is 0. The third kappa shape index (κ3) is 2.77. The highest BCUT2D eigenvalue weighted by Crippen LogP contribution is 2.40. The number of benzene rings is 1. The van der Waals surface area contributed by atoms with E-state index in [0.717, 1.165) is 23.8 Å². The van der Waals surface area contributed by atoms with Crippen LogP contribution in [0.3, 0.4) is 0 Å². The first kappa shape index (κ1) is 18.4. The predicted molar refractivity (Wildman–Crippen MR) is 108 cm³/mol. The normalized spacial score (nSPS) is 15.4. The summed E-state index contributed by atoms with van der Waals surface area (Å²) in [4.78, 5) is 11.7. The van der Waals surface area contributed by atoms with Gasteiger partial charge in [-0.2, -0.15) is 0 Å². The van der Waals surface area contributed by atoms with Crippen LogP contribution in [-0.4, -0.2) is 35.9 Å². The van der Waals surface area contributed by atoms with Gasteiger partial charge in [-0.05, 0) is 44.5 Å². The molecule has 0 saturated carbocycles. The van der Waals surface area contributed by atoms with Gasteiger partial charge in [0.15, 0.2) is 23.2 Å². The summed E-state index contributed by atoms with van der Waals surface area (Å²) in [5.74, 6) is 2.37. The second-order valence-electron chi connectivity index (χ2n) is 7.46. The Labute approximate surface area is 172 Å². The first-order chi connectivity index (χ1) is 14.6. The maximum absolute atomic E-state index is 13.3. The Hall–Kier alpha value is -3.62. The number of hydrogen-bond donors (Lipinski definition) is 0. The predicted octanol–water partition coefficient (Wildman–Crippen LogP) is 4.20. The molecule has 0 radical (unpaired) electrons. The lowest BCUT2D eigenvalue weighted by molar-refractivity contribution is 0.432. The molecule has 0 fully saturated rings. The molecule has 9 heteroatoms. The Kier molecular flexibility index (Phi) is 4.30. The number of hydrogen-bond acceptors (Lipinski definition) is 7. The molecule has 1 unspecified atom stereocenters. The molecule has 4 aromatic rings. The Morgan fingerprint density at radius 2 is 1.97 bits per heavy atom. The molecule has 1 aliphatic rings. The van der Waals surface area contributed by atoms with Gasteiger partial charge in [-0.15, -0.1) is 10.2 Å². The second kappa shape index (κ2) is 7.01. The first-order valence-electron chi connectivity index (χ1n) is 9.85. The van der Waals surface area contributed by atoms with Crippen LogP contribution in [0.1, 0.15) is 39.1 Å². The molecule has 1 aromatic carbocycles. The molecule has 0 N–H and O–H groups in total. The Morgan fingerprint density at radius 1 is 1.17 bits per heavy atom. The van der Waals surface area contributed by atoms with Crippen molar-refractivity contribution in [1.82, 2.24) is 29.9 Å². The van der Waals surface area contributed by atoms with Gasteiger partial charge in [0, 0.05) is 11.6 Å². The zero-order chi connectivity index (χ0) is 20.8. The molecule has 30 heavy (non-hydrogen) atoms. The number of rotatable bonds is 4. The van der Waals surface area contributed by atoms with Crippen LogP contribution in [0.4, 0.5) is 10.2 Å². The molecule has 0 amide bonds. The Bertz CT molecular complexity index is 1200. The molecule has 1 atom stereocenters. The van der Waals surface area contributed by atoms with Crippen LogP contribution in [0.25, 0.3) is 28.4 Å². The highest BCUT2D eigenvalue weighted by Gasteiger charge is 2.35. The standard InChI is InChI=1S/C21H20FN7O/c1-4-16-21-27-24-11-28(21)17-10-23-19(26-20(17)29(16)12(2)3)15-9-25-30-18(15)13-5-7-14(22)8-6-13/h5-12,16H,4H2,1-3H3. The fourth-order valence-corrected chi connectivity index (χ4v) is 3.98. The van der Waals surface area contributed by atoms with E-state index >= 15 is 0 Å². The third-order valence-electron chi connectivity index (χ3n) is 5.32. The largest absolute Gasteiger partial charge is 0.356 e. The summed E-state index contributed by atoms with van der Waals surface area (Å²) in [6.45, 7) is 6.38. The average molecular weight is 405 g/mol. The number of anilines is 1. The minimum absolute atomic E-state index is 0.0572. The monoisotopic (exact) mass is 405 g/mol. The maximum Gasteiger partial charge on any atom is 0.177 e. The second-order valence-corrected chi connectivity index (χ2v) is 7.46. The van der Waals surface area contributed by atoms with Crippen molar-refractivity contribution in [3.63, 3.8) is 0 Å². The third-order valence-corrected chi connectivity index (χ3v) is 5.32. The molecular weight excluding hydrogens is 385 g/mol. The molecule has 8 nitrogen and oxygen atoms in total. The number of halogens is 1. The highest BCUT2D eigenvalue weighted by atomic mass is 19.1. The van der Waals surface area contributed by atoms with E-state index < -0.39 is 0 Å². The number of aromatic nitrogens is 6. The van der Waals surface area contributed by atoms with Crippen molar-refractivity contribution in [2.45, 2.75) is 39.3 Å². The summed E-state index contributed by atoms with van der Waals surface area (Å²) in [5.41, 5.74) is 2.19. The van der Waals surface area contributed by atoms with Crippen molar-refractivity contribution in [3.05, 3.63) is 54.6 Å². The molecule has 5 rings (SSSR count). The SMILES string of the molecule is CCC1c2nncn2-c2cnc(-c3cnoc3-c3ccc(F)cc3)nc2N1C(C)C. The van der Waals surface area contributed by atoms with Crippen molar-refractivity contribution in [2.75, 3.05) is 4.90 Å². The van der Waals surface area contributed by atoms with E-state index in [1.165, 1.54) is 12.1 Å². The van der Waals surface area contributed by atoms with Crippen LogP contribution in [0.5, 0.6) is 0 Å². The summed E-state index contributed by atoms with van der Waals surface area (Å²) in [7, 11) is 0. The first-order valence-corrected chi connectivity index (χ1v) is 9.85. The molecule has 152 valence electrons. The zero-order valence-electron chi connectivity index (χ0n) is 16.8. The van der Waals surface area contributed by atoms with E-state index in [9.17, 15) is 4.39 Å². The lowest BCUT2D eigenvalue weighted by Gasteiger charge is -2.39. The van der Waals surface area contributed by atoms with E-state index in [-0.39, 0.29) is 17.9 Å². The molecule has 0 spiro atoms. The summed E-state index contributed by atoms with van der Waals surface area (Å²) in [6, 6.07) is 6.32. The van der Waals surface area contributed by atoms with Gasteiger partial charge in [0.1, 0.15) is 17.8 Å². The minimum atomic E-state index is -0.312. The van der Waals surface area contributed by atoms with Crippen LogP contribution < -0.4 is 4.90 Å². The van der Waals surface area contributed by atoms with E-state index in [2.05, 4.69) is 46.0 Å². The lowest BCUT2D eigenvalue weighted by atomic mass is 10.1. The van der Waals surface area contributed by atoms with Gasteiger partial charge in [0.25, 0.3) is 0 Å². The highest BCUT2D eigenvalue weighted by molar-refractivity contribution is 5.77. The van der Waals surface area contributed by atoms with Crippen molar-refractivity contribution >= 4 is 5.82 Å². The smallest absolute Gasteiger partial charge is 0.177 e. The molecule has 0 saturated heterocycles. The molecule has 0 bridgehead atoms. The van der Waals surface area contributed by atoms with Crippen molar-refractivity contribution in [3.8, 4) is 28.4 Å². The maximum atomic E-state index is 13.3. The fraction of sp³-hybridized carbons (Fsp3) is 0.286. The quantitative estimate of drug-likeness (QED) is 0.503. The van der Waals surface area contributed by atoms with Crippen LogP contribution in [0.15, 0.2) is 47.5 Å². The van der Waals surface area contributed by atoms with Gasteiger partial charge in [-0.25, -0.2) is 14.4 Å². The molecule has 4 heterocycles. The Morgan fingerprint density at radius 3 is 2.70 bits per heavy atom. The van der Waals surface area contributed by atoms with Gasteiger partial charge in [0.2, 0.25) is 0 Å². The van der Waals surface area contributed by atoms with Gasteiger partial charge in [-0.3, -0.25) is 4.57 Å².